The summed E-state index contributed by atoms with van der Waals surface area (Å²) in [6.07, 6.45) is 3.64. The highest BCUT2D eigenvalue weighted by Gasteiger charge is 2.37. The minimum absolute atomic E-state index is 0.0208. The molecule has 0 aliphatic carbocycles. The van der Waals surface area contributed by atoms with E-state index < -0.39 is 0 Å². The zero-order chi connectivity index (χ0) is 17.1. The van der Waals surface area contributed by atoms with Crippen LogP contribution in [0, 0.1) is 6.92 Å². The molecule has 2 aliphatic heterocycles. The predicted molar refractivity (Wildman–Crippen MR) is 94.4 cm³/mol. The number of carbonyl (C=O) groups excluding carboxylic acids is 2. The first kappa shape index (κ1) is 17.3. The third-order valence-electron chi connectivity index (χ3n) is 4.80. The molecule has 2 heterocycles. The molecule has 0 spiro atoms. The number of nitrogens with zero attached hydrogens (tertiary/aromatic N) is 2. The van der Waals surface area contributed by atoms with Crippen molar-refractivity contribution in [3.05, 3.63) is 29.3 Å². The summed E-state index contributed by atoms with van der Waals surface area (Å²) in [7, 11) is 0. The number of hydrogen-bond donors (Lipinski definition) is 0. The molecular formula is C18H24N2O3S. The highest BCUT2D eigenvalue weighted by Crippen LogP contribution is 2.26. The molecule has 2 aliphatic rings. The molecule has 0 unspecified atom stereocenters. The monoisotopic (exact) mass is 348 g/mol. The lowest BCUT2D eigenvalue weighted by Crippen LogP contribution is -2.51. The summed E-state index contributed by atoms with van der Waals surface area (Å²) >= 11 is 1.62. The summed E-state index contributed by atoms with van der Waals surface area (Å²) in [6, 6.07) is 5.62. The quantitative estimate of drug-likeness (QED) is 0.786. The van der Waals surface area contributed by atoms with Crippen LogP contribution in [-0.4, -0.2) is 66.8 Å². The van der Waals surface area contributed by atoms with Crippen molar-refractivity contribution in [2.45, 2.75) is 30.7 Å². The molecule has 0 radical (unpaired) electrons. The van der Waals surface area contributed by atoms with Crippen molar-refractivity contribution in [2.75, 3.05) is 39.1 Å². The molecule has 130 valence electrons. The standard InChI is InChI=1S/C18H24N2O3S/c1-13-5-6-14(24-2)12-15(13)17(21)20-7-3-4-16(20)18(22)19-8-10-23-11-9-19/h5-6,12,16H,3-4,7-11H2,1-2H3/t16-/m1/s1. The maximum Gasteiger partial charge on any atom is 0.254 e. The second kappa shape index (κ2) is 7.57. The van der Waals surface area contributed by atoms with E-state index >= 15 is 0 Å². The number of thioether (sulfide) groups is 1. The molecule has 2 saturated heterocycles. The van der Waals surface area contributed by atoms with Crippen molar-refractivity contribution >= 4 is 23.6 Å². The van der Waals surface area contributed by atoms with Gasteiger partial charge in [-0.3, -0.25) is 9.59 Å². The van der Waals surface area contributed by atoms with Gasteiger partial charge in [0.05, 0.1) is 13.2 Å². The molecule has 2 amide bonds. The van der Waals surface area contributed by atoms with E-state index in [1.54, 1.807) is 16.7 Å². The van der Waals surface area contributed by atoms with Gasteiger partial charge in [0.1, 0.15) is 6.04 Å². The molecule has 2 fully saturated rings. The van der Waals surface area contributed by atoms with Gasteiger partial charge in [-0.2, -0.15) is 0 Å². The zero-order valence-electron chi connectivity index (χ0n) is 14.3. The second-order valence-electron chi connectivity index (χ2n) is 6.28. The summed E-state index contributed by atoms with van der Waals surface area (Å²) in [5, 5.41) is 0. The molecule has 1 aromatic rings. The Bertz CT molecular complexity index is 629. The van der Waals surface area contributed by atoms with Gasteiger partial charge in [0.2, 0.25) is 5.91 Å². The average Bonchev–Trinajstić information content (AvgIpc) is 3.11. The van der Waals surface area contributed by atoms with Crippen LogP contribution in [-0.2, 0) is 9.53 Å². The maximum absolute atomic E-state index is 13.1. The van der Waals surface area contributed by atoms with Gasteiger partial charge in [-0.1, -0.05) is 6.07 Å². The Balaban J connectivity index is 1.79. The molecule has 0 bridgehead atoms. The van der Waals surface area contributed by atoms with Crippen LogP contribution in [0.5, 0.6) is 0 Å². The van der Waals surface area contributed by atoms with Gasteiger partial charge in [-0.05, 0) is 43.7 Å². The first-order valence-electron chi connectivity index (χ1n) is 8.44. The lowest BCUT2D eigenvalue weighted by Gasteiger charge is -2.32. The summed E-state index contributed by atoms with van der Waals surface area (Å²) in [5.74, 6) is 0.0512. The Kier molecular flexibility index (Phi) is 5.46. The number of carbonyl (C=O) groups is 2. The van der Waals surface area contributed by atoms with E-state index in [0.717, 1.165) is 23.3 Å². The minimum Gasteiger partial charge on any atom is -0.378 e. The predicted octanol–water partition coefficient (Wildman–Crippen LogP) is 2.18. The van der Waals surface area contributed by atoms with E-state index in [1.807, 2.05) is 36.3 Å². The van der Waals surface area contributed by atoms with Gasteiger partial charge < -0.3 is 14.5 Å². The molecule has 5 nitrogen and oxygen atoms in total. The van der Waals surface area contributed by atoms with Crippen LogP contribution in [0.1, 0.15) is 28.8 Å². The Labute approximate surface area is 147 Å². The van der Waals surface area contributed by atoms with Crippen LogP contribution < -0.4 is 0 Å². The molecular weight excluding hydrogens is 324 g/mol. The van der Waals surface area contributed by atoms with E-state index in [-0.39, 0.29) is 17.9 Å². The maximum atomic E-state index is 13.1. The largest absolute Gasteiger partial charge is 0.378 e. The van der Waals surface area contributed by atoms with Crippen molar-refractivity contribution in [1.29, 1.82) is 0 Å². The van der Waals surface area contributed by atoms with E-state index in [0.29, 0.717) is 38.4 Å². The number of rotatable bonds is 3. The highest BCUT2D eigenvalue weighted by molar-refractivity contribution is 7.98. The van der Waals surface area contributed by atoms with E-state index in [9.17, 15) is 9.59 Å². The molecule has 0 aromatic heterocycles. The molecule has 6 heteroatoms. The fraction of sp³-hybridized carbons (Fsp3) is 0.556. The lowest BCUT2D eigenvalue weighted by atomic mass is 10.1. The molecule has 1 atom stereocenters. The highest BCUT2D eigenvalue weighted by atomic mass is 32.2. The first-order chi connectivity index (χ1) is 11.6. The topological polar surface area (TPSA) is 49.9 Å². The minimum atomic E-state index is -0.326. The second-order valence-corrected chi connectivity index (χ2v) is 7.15. The van der Waals surface area contributed by atoms with Gasteiger partial charge in [-0.25, -0.2) is 0 Å². The van der Waals surface area contributed by atoms with Gasteiger partial charge in [0.25, 0.3) is 5.91 Å². The molecule has 0 saturated carbocycles. The summed E-state index contributed by atoms with van der Waals surface area (Å²) in [6.45, 7) is 5.02. The number of morpholine rings is 1. The van der Waals surface area contributed by atoms with Crippen LogP contribution >= 0.6 is 11.8 Å². The summed E-state index contributed by atoms with van der Waals surface area (Å²) < 4.78 is 5.32. The van der Waals surface area contributed by atoms with Gasteiger partial charge in [0, 0.05) is 30.1 Å². The Morgan fingerprint density at radius 3 is 2.67 bits per heavy atom. The molecule has 24 heavy (non-hydrogen) atoms. The van der Waals surface area contributed by atoms with Gasteiger partial charge in [0.15, 0.2) is 0 Å². The van der Waals surface area contributed by atoms with Crippen molar-refractivity contribution in [3.63, 3.8) is 0 Å². The summed E-state index contributed by atoms with van der Waals surface area (Å²) in [4.78, 5) is 30.6. The van der Waals surface area contributed by atoms with Gasteiger partial charge in [-0.15, -0.1) is 11.8 Å². The molecule has 3 rings (SSSR count). The molecule has 0 N–H and O–H groups in total. The fourth-order valence-electron chi connectivity index (χ4n) is 3.37. The normalized spacial score (nSPS) is 21.2. The smallest absolute Gasteiger partial charge is 0.254 e. The average molecular weight is 348 g/mol. The number of aryl methyl sites for hydroxylation is 1. The number of amides is 2. The van der Waals surface area contributed by atoms with Crippen molar-refractivity contribution in [3.8, 4) is 0 Å². The number of likely N-dealkylation sites (tertiary alicyclic amines) is 1. The van der Waals surface area contributed by atoms with Crippen LogP contribution in [0.3, 0.4) is 0 Å². The van der Waals surface area contributed by atoms with Crippen LogP contribution in [0.4, 0.5) is 0 Å². The third kappa shape index (κ3) is 3.44. The van der Waals surface area contributed by atoms with Crippen LogP contribution in [0.2, 0.25) is 0 Å². The Morgan fingerprint density at radius 1 is 1.21 bits per heavy atom. The van der Waals surface area contributed by atoms with Crippen LogP contribution in [0.25, 0.3) is 0 Å². The fourth-order valence-corrected chi connectivity index (χ4v) is 3.81. The third-order valence-corrected chi connectivity index (χ3v) is 5.52. The Hall–Kier alpha value is -1.53. The number of benzene rings is 1. The van der Waals surface area contributed by atoms with Crippen molar-refractivity contribution < 1.29 is 14.3 Å². The van der Waals surface area contributed by atoms with Crippen LogP contribution in [0.15, 0.2) is 23.1 Å². The molecule has 1 aromatic carbocycles. The van der Waals surface area contributed by atoms with Crippen molar-refractivity contribution in [2.24, 2.45) is 0 Å². The zero-order valence-corrected chi connectivity index (χ0v) is 15.1. The SMILES string of the molecule is CSc1ccc(C)c(C(=O)N2CCC[C@@H]2C(=O)N2CCOCC2)c1. The van der Waals surface area contributed by atoms with E-state index in [4.69, 9.17) is 4.74 Å². The van der Waals surface area contributed by atoms with E-state index in [2.05, 4.69) is 0 Å². The first-order valence-corrected chi connectivity index (χ1v) is 9.66. The van der Waals surface area contributed by atoms with Crippen molar-refractivity contribution in [1.82, 2.24) is 9.80 Å². The summed E-state index contributed by atoms with van der Waals surface area (Å²) in [5.41, 5.74) is 1.67. The lowest BCUT2D eigenvalue weighted by molar-refractivity contribution is -0.139. The van der Waals surface area contributed by atoms with Gasteiger partial charge >= 0.3 is 0 Å². The van der Waals surface area contributed by atoms with E-state index in [1.165, 1.54) is 0 Å². The number of ether oxygens (including phenoxy) is 1. The number of hydrogen-bond acceptors (Lipinski definition) is 4. The Morgan fingerprint density at radius 2 is 1.96 bits per heavy atom.